The Morgan fingerprint density at radius 3 is 2.75 bits per heavy atom. The van der Waals surface area contributed by atoms with Gasteiger partial charge in [-0.2, -0.15) is 0 Å². The molecule has 0 bridgehead atoms. The molecule has 0 aromatic heterocycles. The van der Waals surface area contributed by atoms with Gasteiger partial charge in [-0.25, -0.2) is 4.79 Å². The fourth-order valence-electron chi connectivity index (χ4n) is 1.11. The lowest BCUT2D eigenvalue weighted by Gasteiger charge is -2.21. The number of carbonyl (C=O) groups is 1. The number of hydrogen-bond acceptors (Lipinski definition) is 3. The van der Waals surface area contributed by atoms with Gasteiger partial charge in [-0.15, -0.1) is 0 Å². The molecule has 1 rings (SSSR count). The molecule has 2 N–H and O–H groups in total. The SMILES string of the molecule is COC1C(C(=O)O)=CC=CC1O. The van der Waals surface area contributed by atoms with E-state index >= 15 is 0 Å². The Balaban J connectivity index is 2.88. The maximum atomic E-state index is 10.6. The van der Waals surface area contributed by atoms with Crippen molar-refractivity contribution in [3.8, 4) is 0 Å². The summed E-state index contributed by atoms with van der Waals surface area (Å²) in [5.74, 6) is -1.06. The van der Waals surface area contributed by atoms with E-state index in [1.54, 1.807) is 0 Å². The molecule has 2 atom stereocenters. The van der Waals surface area contributed by atoms with Gasteiger partial charge in [-0.05, 0) is 6.08 Å². The Bertz CT molecular complexity index is 241. The maximum absolute atomic E-state index is 10.6. The number of carboxylic acid groups (broad SMARTS) is 1. The molecule has 1 aliphatic rings. The van der Waals surface area contributed by atoms with E-state index in [0.29, 0.717) is 0 Å². The highest BCUT2D eigenvalue weighted by molar-refractivity contribution is 5.88. The number of ether oxygens (including phenoxy) is 1. The van der Waals surface area contributed by atoms with Crippen LogP contribution in [0.25, 0.3) is 0 Å². The van der Waals surface area contributed by atoms with E-state index < -0.39 is 18.2 Å². The number of hydrogen-bond donors (Lipinski definition) is 2. The second-order valence-corrected chi connectivity index (χ2v) is 2.46. The molecule has 66 valence electrons. The summed E-state index contributed by atoms with van der Waals surface area (Å²) in [4.78, 5) is 10.6. The standard InChI is InChI=1S/C8H10O4/c1-12-7-5(8(10)11)3-2-4-6(7)9/h2-4,6-7,9H,1H3,(H,10,11). The van der Waals surface area contributed by atoms with Gasteiger partial charge in [0.05, 0.1) is 5.57 Å². The first-order chi connectivity index (χ1) is 5.66. The van der Waals surface area contributed by atoms with E-state index in [0.717, 1.165) is 0 Å². The lowest BCUT2D eigenvalue weighted by molar-refractivity contribution is -0.134. The molecule has 0 heterocycles. The van der Waals surface area contributed by atoms with Gasteiger partial charge in [0.1, 0.15) is 12.2 Å². The summed E-state index contributed by atoms with van der Waals surface area (Å²) in [6.45, 7) is 0. The fourth-order valence-corrected chi connectivity index (χ4v) is 1.11. The molecule has 0 aromatic carbocycles. The lowest BCUT2D eigenvalue weighted by Crippen LogP contribution is -2.33. The molecule has 0 radical (unpaired) electrons. The second-order valence-electron chi connectivity index (χ2n) is 2.46. The third-order valence-electron chi connectivity index (χ3n) is 1.70. The van der Waals surface area contributed by atoms with Crippen molar-refractivity contribution in [1.82, 2.24) is 0 Å². The number of aliphatic carboxylic acids is 1. The van der Waals surface area contributed by atoms with Gasteiger partial charge >= 0.3 is 5.97 Å². The number of rotatable bonds is 2. The van der Waals surface area contributed by atoms with Crippen LogP contribution >= 0.6 is 0 Å². The minimum atomic E-state index is -1.06. The Morgan fingerprint density at radius 1 is 1.67 bits per heavy atom. The molecule has 4 nitrogen and oxygen atoms in total. The highest BCUT2D eigenvalue weighted by Crippen LogP contribution is 2.16. The fraction of sp³-hybridized carbons (Fsp3) is 0.375. The Labute approximate surface area is 69.8 Å². The first-order valence-corrected chi connectivity index (χ1v) is 3.49. The highest BCUT2D eigenvalue weighted by atomic mass is 16.5. The minimum Gasteiger partial charge on any atom is -0.478 e. The smallest absolute Gasteiger partial charge is 0.334 e. The van der Waals surface area contributed by atoms with Crippen molar-refractivity contribution in [2.24, 2.45) is 0 Å². The van der Waals surface area contributed by atoms with Crippen LogP contribution in [0.2, 0.25) is 0 Å². The summed E-state index contributed by atoms with van der Waals surface area (Å²) in [6.07, 6.45) is 2.78. The molecule has 0 aromatic rings. The summed E-state index contributed by atoms with van der Waals surface area (Å²) in [5, 5.41) is 17.9. The van der Waals surface area contributed by atoms with Gasteiger partial charge in [-0.3, -0.25) is 0 Å². The molecule has 0 fully saturated rings. The summed E-state index contributed by atoms with van der Waals surface area (Å²) >= 11 is 0. The average molecular weight is 170 g/mol. The predicted octanol–water partition coefficient (Wildman–Crippen LogP) is -0.0569. The van der Waals surface area contributed by atoms with Crippen molar-refractivity contribution in [3.63, 3.8) is 0 Å². The van der Waals surface area contributed by atoms with E-state index in [1.807, 2.05) is 0 Å². The van der Waals surface area contributed by atoms with E-state index in [1.165, 1.54) is 25.3 Å². The van der Waals surface area contributed by atoms with Crippen molar-refractivity contribution in [1.29, 1.82) is 0 Å². The van der Waals surface area contributed by atoms with Gasteiger partial charge in [0.25, 0.3) is 0 Å². The zero-order chi connectivity index (χ0) is 9.14. The van der Waals surface area contributed by atoms with Crippen LogP contribution in [0, 0.1) is 0 Å². The van der Waals surface area contributed by atoms with Crippen molar-refractivity contribution in [3.05, 3.63) is 23.8 Å². The van der Waals surface area contributed by atoms with E-state index in [2.05, 4.69) is 0 Å². The summed E-state index contributed by atoms with van der Waals surface area (Å²) in [6, 6.07) is 0. The summed E-state index contributed by atoms with van der Waals surface area (Å²) in [5.41, 5.74) is 0.0764. The topological polar surface area (TPSA) is 66.8 Å². The van der Waals surface area contributed by atoms with Crippen molar-refractivity contribution >= 4 is 5.97 Å². The molecular weight excluding hydrogens is 160 g/mol. The molecule has 0 saturated carbocycles. The van der Waals surface area contributed by atoms with E-state index in [4.69, 9.17) is 9.84 Å². The minimum absolute atomic E-state index is 0.0764. The molecule has 4 heteroatoms. The molecule has 1 aliphatic carbocycles. The Morgan fingerprint density at radius 2 is 2.33 bits per heavy atom. The van der Waals surface area contributed by atoms with Crippen molar-refractivity contribution < 1.29 is 19.7 Å². The number of methoxy groups -OCH3 is 1. The molecule has 2 unspecified atom stereocenters. The van der Waals surface area contributed by atoms with Gasteiger partial charge in [-0.1, -0.05) is 12.2 Å². The highest BCUT2D eigenvalue weighted by Gasteiger charge is 2.27. The van der Waals surface area contributed by atoms with Crippen LogP contribution in [-0.4, -0.2) is 35.5 Å². The largest absolute Gasteiger partial charge is 0.478 e. The zero-order valence-electron chi connectivity index (χ0n) is 6.60. The summed E-state index contributed by atoms with van der Waals surface area (Å²) in [7, 11) is 1.36. The van der Waals surface area contributed by atoms with Crippen LogP contribution in [0.4, 0.5) is 0 Å². The van der Waals surface area contributed by atoms with Gasteiger partial charge < -0.3 is 14.9 Å². The van der Waals surface area contributed by atoms with E-state index in [9.17, 15) is 9.90 Å². The number of allylic oxidation sites excluding steroid dienone is 2. The van der Waals surface area contributed by atoms with Crippen molar-refractivity contribution in [2.45, 2.75) is 12.2 Å². The van der Waals surface area contributed by atoms with Crippen LogP contribution in [0.5, 0.6) is 0 Å². The molecule has 0 spiro atoms. The molecule has 0 amide bonds. The van der Waals surface area contributed by atoms with Crippen LogP contribution in [-0.2, 0) is 9.53 Å². The lowest BCUT2D eigenvalue weighted by atomic mass is 9.99. The van der Waals surface area contributed by atoms with Crippen LogP contribution in [0.15, 0.2) is 23.8 Å². The van der Waals surface area contributed by atoms with Crippen molar-refractivity contribution in [2.75, 3.05) is 7.11 Å². The monoisotopic (exact) mass is 170 g/mol. The second kappa shape index (κ2) is 3.51. The van der Waals surface area contributed by atoms with Gasteiger partial charge in [0, 0.05) is 7.11 Å². The van der Waals surface area contributed by atoms with Crippen LogP contribution in [0.1, 0.15) is 0 Å². The van der Waals surface area contributed by atoms with Gasteiger partial charge in [0.15, 0.2) is 0 Å². The van der Waals surface area contributed by atoms with Gasteiger partial charge in [0.2, 0.25) is 0 Å². The first kappa shape index (κ1) is 8.96. The molecular formula is C8H10O4. The third-order valence-corrected chi connectivity index (χ3v) is 1.70. The summed E-state index contributed by atoms with van der Waals surface area (Å²) < 4.78 is 4.83. The van der Waals surface area contributed by atoms with E-state index in [-0.39, 0.29) is 5.57 Å². The molecule has 0 saturated heterocycles. The Hall–Kier alpha value is -1.13. The quantitative estimate of drug-likeness (QED) is 0.609. The molecule has 0 aliphatic heterocycles. The zero-order valence-corrected chi connectivity index (χ0v) is 6.60. The Kier molecular flexibility index (Phi) is 2.62. The van der Waals surface area contributed by atoms with Crippen LogP contribution in [0.3, 0.4) is 0 Å². The predicted molar refractivity (Wildman–Crippen MR) is 41.7 cm³/mol. The first-order valence-electron chi connectivity index (χ1n) is 3.49. The third kappa shape index (κ3) is 1.54. The number of carboxylic acids is 1. The average Bonchev–Trinajstić information content (AvgIpc) is 2.03. The number of aliphatic hydroxyl groups is 1. The van der Waals surface area contributed by atoms with Crippen LogP contribution < -0.4 is 0 Å². The normalized spacial score (nSPS) is 28.3. The number of aliphatic hydroxyl groups excluding tert-OH is 1. The maximum Gasteiger partial charge on any atom is 0.334 e. The molecule has 12 heavy (non-hydrogen) atoms.